The summed E-state index contributed by atoms with van der Waals surface area (Å²) >= 11 is 0. The Morgan fingerprint density at radius 3 is 2.85 bits per heavy atom. The van der Waals surface area contributed by atoms with Crippen LogP contribution in [0.25, 0.3) is 0 Å². The van der Waals surface area contributed by atoms with Gasteiger partial charge in [0.05, 0.1) is 12.2 Å². The van der Waals surface area contributed by atoms with Crippen molar-refractivity contribution in [2.24, 2.45) is 5.73 Å². The van der Waals surface area contributed by atoms with Crippen LogP contribution in [-0.2, 0) is 11.2 Å². The molecule has 20 heavy (non-hydrogen) atoms. The second kappa shape index (κ2) is 5.71. The second-order valence-corrected chi connectivity index (χ2v) is 5.82. The van der Waals surface area contributed by atoms with E-state index in [0.29, 0.717) is 25.4 Å². The fourth-order valence-corrected chi connectivity index (χ4v) is 2.09. The third-order valence-corrected chi connectivity index (χ3v) is 2.93. The first-order valence-corrected chi connectivity index (χ1v) is 6.87. The van der Waals surface area contributed by atoms with Crippen LogP contribution < -0.4 is 15.4 Å². The Morgan fingerprint density at radius 2 is 2.20 bits per heavy atom. The zero-order chi connectivity index (χ0) is 14.8. The lowest BCUT2D eigenvalue weighted by Gasteiger charge is -2.31. The van der Waals surface area contributed by atoms with E-state index in [1.54, 1.807) is 4.90 Å². The fraction of sp³-hybridized carbons (Fsp3) is 0.533. The van der Waals surface area contributed by atoms with Gasteiger partial charge in [0, 0.05) is 0 Å². The van der Waals surface area contributed by atoms with Crippen molar-refractivity contribution in [2.45, 2.75) is 32.8 Å². The van der Waals surface area contributed by atoms with E-state index in [1.165, 1.54) is 0 Å². The van der Waals surface area contributed by atoms with Crippen molar-refractivity contribution in [1.29, 1.82) is 0 Å². The highest BCUT2D eigenvalue weighted by Gasteiger charge is 2.28. The molecule has 0 atom stereocenters. The molecule has 2 N–H and O–H groups in total. The molecule has 0 radical (unpaired) electrons. The van der Waals surface area contributed by atoms with Crippen LogP contribution in [0.15, 0.2) is 18.2 Å². The minimum Gasteiger partial charge on any atom is -0.490 e. The van der Waals surface area contributed by atoms with E-state index in [2.05, 4.69) is 0 Å². The number of nitrogens with two attached hydrogens (primary N) is 1. The molecule has 0 saturated carbocycles. The minimum atomic E-state index is -0.510. The molecule has 0 aliphatic carbocycles. The molecule has 1 aliphatic heterocycles. The highest BCUT2D eigenvalue weighted by molar-refractivity contribution is 5.90. The predicted octanol–water partition coefficient (Wildman–Crippen LogP) is 2.32. The van der Waals surface area contributed by atoms with Crippen molar-refractivity contribution >= 4 is 11.8 Å². The SMILES string of the molecule is CC(C)(C)OC(=O)N1CCOc2ccc(CCN)cc21. The van der Waals surface area contributed by atoms with Crippen LogP contribution in [-0.4, -0.2) is 31.4 Å². The number of rotatable bonds is 2. The second-order valence-electron chi connectivity index (χ2n) is 5.82. The average molecular weight is 278 g/mol. The Morgan fingerprint density at radius 1 is 1.45 bits per heavy atom. The van der Waals surface area contributed by atoms with E-state index in [1.807, 2.05) is 39.0 Å². The summed E-state index contributed by atoms with van der Waals surface area (Å²) < 4.78 is 11.0. The molecular formula is C15H22N2O3. The molecule has 1 aliphatic rings. The molecule has 0 spiro atoms. The molecule has 5 heteroatoms. The van der Waals surface area contributed by atoms with E-state index < -0.39 is 5.60 Å². The lowest BCUT2D eigenvalue weighted by molar-refractivity contribution is 0.0568. The number of ether oxygens (including phenoxy) is 2. The summed E-state index contributed by atoms with van der Waals surface area (Å²) in [4.78, 5) is 13.9. The van der Waals surface area contributed by atoms with Gasteiger partial charge >= 0.3 is 6.09 Å². The molecule has 0 saturated heterocycles. The largest absolute Gasteiger partial charge is 0.490 e. The number of carbonyl (C=O) groups is 1. The van der Waals surface area contributed by atoms with E-state index in [0.717, 1.165) is 17.7 Å². The van der Waals surface area contributed by atoms with Gasteiger partial charge < -0.3 is 15.2 Å². The number of amides is 1. The van der Waals surface area contributed by atoms with Crippen LogP contribution in [0.3, 0.4) is 0 Å². The van der Waals surface area contributed by atoms with Crippen LogP contribution >= 0.6 is 0 Å². The normalized spacial score (nSPS) is 14.5. The topological polar surface area (TPSA) is 64.8 Å². The molecule has 1 amide bonds. The standard InChI is InChI=1S/C15H22N2O3/c1-15(2,3)20-14(18)17-8-9-19-13-5-4-11(6-7-16)10-12(13)17/h4-5,10H,6-9,16H2,1-3H3. The summed E-state index contributed by atoms with van der Waals surface area (Å²) in [5.74, 6) is 0.711. The molecule has 1 aromatic rings. The molecule has 110 valence electrons. The lowest BCUT2D eigenvalue weighted by Crippen LogP contribution is -2.41. The Balaban J connectivity index is 2.26. The number of hydrogen-bond acceptors (Lipinski definition) is 4. The zero-order valence-corrected chi connectivity index (χ0v) is 12.3. The first-order valence-electron chi connectivity index (χ1n) is 6.87. The maximum atomic E-state index is 12.3. The van der Waals surface area contributed by atoms with E-state index >= 15 is 0 Å². The Kier molecular flexibility index (Phi) is 4.18. The molecule has 0 bridgehead atoms. The molecular weight excluding hydrogens is 256 g/mol. The van der Waals surface area contributed by atoms with Gasteiger partial charge in [-0.25, -0.2) is 4.79 Å². The Labute approximate surface area is 119 Å². The highest BCUT2D eigenvalue weighted by Crippen LogP contribution is 2.33. The fourth-order valence-electron chi connectivity index (χ4n) is 2.09. The number of benzene rings is 1. The van der Waals surface area contributed by atoms with Gasteiger partial charge in [-0.3, -0.25) is 4.90 Å². The first kappa shape index (κ1) is 14.7. The summed E-state index contributed by atoms with van der Waals surface area (Å²) in [6, 6.07) is 5.81. The van der Waals surface area contributed by atoms with Crippen molar-refractivity contribution in [3.05, 3.63) is 23.8 Å². The van der Waals surface area contributed by atoms with Gasteiger partial charge in [0.25, 0.3) is 0 Å². The van der Waals surface area contributed by atoms with Crippen molar-refractivity contribution in [2.75, 3.05) is 24.6 Å². The summed E-state index contributed by atoms with van der Waals surface area (Å²) in [6.07, 6.45) is 0.432. The third-order valence-electron chi connectivity index (χ3n) is 2.93. The van der Waals surface area contributed by atoms with Crippen LogP contribution in [0.5, 0.6) is 5.75 Å². The first-order chi connectivity index (χ1) is 9.40. The average Bonchev–Trinajstić information content (AvgIpc) is 2.36. The smallest absolute Gasteiger partial charge is 0.415 e. The van der Waals surface area contributed by atoms with E-state index in [-0.39, 0.29) is 6.09 Å². The van der Waals surface area contributed by atoms with Crippen molar-refractivity contribution in [3.8, 4) is 5.75 Å². The lowest BCUT2D eigenvalue weighted by atomic mass is 10.1. The summed E-state index contributed by atoms with van der Waals surface area (Å²) in [5.41, 5.74) is 6.92. The van der Waals surface area contributed by atoms with Crippen LogP contribution in [0.4, 0.5) is 10.5 Å². The van der Waals surface area contributed by atoms with E-state index in [9.17, 15) is 4.79 Å². The van der Waals surface area contributed by atoms with Gasteiger partial charge in [0.2, 0.25) is 0 Å². The highest BCUT2D eigenvalue weighted by atomic mass is 16.6. The Hall–Kier alpha value is -1.75. The third kappa shape index (κ3) is 3.42. The minimum absolute atomic E-state index is 0.341. The van der Waals surface area contributed by atoms with Gasteiger partial charge in [0.1, 0.15) is 18.0 Å². The van der Waals surface area contributed by atoms with Crippen LogP contribution in [0.2, 0.25) is 0 Å². The van der Waals surface area contributed by atoms with Gasteiger partial charge in [-0.2, -0.15) is 0 Å². The summed E-state index contributed by atoms with van der Waals surface area (Å²) in [5, 5.41) is 0. The van der Waals surface area contributed by atoms with Crippen LogP contribution in [0.1, 0.15) is 26.3 Å². The molecule has 0 unspecified atom stereocenters. The summed E-state index contributed by atoms with van der Waals surface area (Å²) in [6.45, 7) is 7.12. The van der Waals surface area contributed by atoms with Crippen molar-refractivity contribution in [1.82, 2.24) is 0 Å². The number of nitrogens with zero attached hydrogens (tertiary/aromatic N) is 1. The zero-order valence-electron chi connectivity index (χ0n) is 12.3. The maximum absolute atomic E-state index is 12.3. The summed E-state index contributed by atoms with van der Waals surface area (Å²) in [7, 11) is 0. The van der Waals surface area contributed by atoms with E-state index in [4.69, 9.17) is 15.2 Å². The van der Waals surface area contributed by atoms with Crippen molar-refractivity contribution < 1.29 is 14.3 Å². The molecule has 0 fully saturated rings. The molecule has 1 aromatic carbocycles. The number of hydrogen-bond donors (Lipinski definition) is 1. The molecule has 1 heterocycles. The quantitative estimate of drug-likeness (QED) is 0.901. The van der Waals surface area contributed by atoms with Gasteiger partial charge in [-0.15, -0.1) is 0 Å². The number of fused-ring (bicyclic) bond motifs is 1. The monoisotopic (exact) mass is 278 g/mol. The van der Waals surface area contributed by atoms with Crippen molar-refractivity contribution in [3.63, 3.8) is 0 Å². The number of anilines is 1. The van der Waals surface area contributed by atoms with Gasteiger partial charge in [-0.1, -0.05) is 6.07 Å². The van der Waals surface area contributed by atoms with Gasteiger partial charge in [-0.05, 0) is 51.4 Å². The molecule has 0 aromatic heterocycles. The van der Waals surface area contributed by atoms with Gasteiger partial charge in [0.15, 0.2) is 0 Å². The predicted molar refractivity (Wildman–Crippen MR) is 78.3 cm³/mol. The Bertz CT molecular complexity index is 494. The maximum Gasteiger partial charge on any atom is 0.415 e. The number of carbonyl (C=O) groups excluding carboxylic acids is 1. The van der Waals surface area contributed by atoms with Crippen LogP contribution in [0, 0.1) is 0 Å². The molecule has 2 rings (SSSR count). The molecule has 5 nitrogen and oxygen atoms in total.